The lowest BCUT2D eigenvalue weighted by atomic mass is 9.86. The number of nitrogens with zero attached hydrogens (tertiary/aromatic N) is 1. The number of esters is 1. The summed E-state index contributed by atoms with van der Waals surface area (Å²) in [7, 11) is 1.38. The van der Waals surface area contributed by atoms with Crippen molar-refractivity contribution in [2.24, 2.45) is 0 Å². The molecule has 0 atom stereocenters. The summed E-state index contributed by atoms with van der Waals surface area (Å²) in [5, 5.41) is 6.00. The highest BCUT2D eigenvalue weighted by Gasteiger charge is 2.18. The zero-order chi connectivity index (χ0) is 15.5. The first-order valence-corrected chi connectivity index (χ1v) is 7.66. The minimum Gasteiger partial charge on any atom is -0.469 e. The van der Waals surface area contributed by atoms with E-state index in [1.54, 1.807) is 0 Å². The van der Waals surface area contributed by atoms with E-state index in [0.29, 0.717) is 0 Å². The van der Waals surface area contributed by atoms with Crippen LogP contribution in [-0.4, -0.2) is 18.1 Å². The average Bonchev–Trinajstić information content (AvgIpc) is 2.85. The quantitative estimate of drug-likeness (QED) is 0.870. The Morgan fingerprint density at radius 1 is 1.33 bits per heavy atom. The Morgan fingerprint density at radius 2 is 2.05 bits per heavy atom. The molecule has 0 aliphatic rings. The largest absolute Gasteiger partial charge is 0.469 e. The molecule has 4 nitrogen and oxygen atoms in total. The van der Waals surface area contributed by atoms with E-state index in [1.807, 2.05) is 23.6 Å². The van der Waals surface area contributed by atoms with Gasteiger partial charge in [-0.15, -0.1) is 11.3 Å². The number of nitrogens with one attached hydrogen (secondary N) is 1. The molecule has 112 valence electrons. The van der Waals surface area contributed by atoms with Gasteiger partial charge in [-0.25, -0.2) is 4.98 Å². The van der Waals surface area contributed by atoms with E-state index in [9.17, 15) is 4.79 Å². The van der Waals surface area contributed by atoms with Crippen molar-refractivity contribution < 1.29 is 9.53 Å². The van der Waals surface area contributed by atoms with Crippen LogP contribution in [0.25, 0.3) is 0 Å². The molecular formula is C16H20N2O2S. The van der Waals surface area contributed by atoms with Gasteiger partial charge in [0.2, 0.25) is 0 Å². The van der Waals surface area contributed by atoms with Crippen molar-refractivity contribution in [3.8, 4) is 0 Å². The van der Waals surface area contributed by atoms with Crippen LogP contribution in [0, 0.1) is 0 Å². The summed E-state index contributed by atoms with van der Waals surface area (Å²) < 4.78 is 4.65. The summed E-state index contributed by atoms with van der Waals surface area (Å²) >= 11 is 1.49. The summed E-state index contributed by atoms with van der Waals surface area (Å²) in [6, 6.07) is 8.20. The van der Waals surface area contributed by atoms with Crippen molar-refractivity contribution in [3.05, 3.63) is 40.9 Å². The molecule has 1 N–H and O–H groups in total. The molecule has 0 spiro atoms. The number of hydrogen-bond acceptors (Lipinski definition) is 5. The highest BCUT2D eigenvalue weighted by atomic mass is 32.1. The molecule has 2 rings (SSSR count). The SMILES string of the molecule is COC(=O)Cc1csc(Nc2ccccc2C(C)(C)C)n1. The van der Waals surface area contributed by atoms with E-state index < -0.39 is 0 Å². The van der Waals surface area contributed by atoms with Gasteiger partial charge >= 0.3 is 5.97 Å². The Bertz CT molecular complexity index is 629. The molecule has 0 saturated carbocycles. The number of aromatic nitrogens is 1. The lowest BCUT2D eigenvalue weighted by Gasteiger charge is -2.22. The Hall–Kier alpha value is -1.88. The first-order valence-electron chi connectivity index (χ1n) is 6.78. The molecule has 1 aromatic carbocycles. The van der Waals surface area contributed by atoms with Gasteiger partial charge in [-0.1, -0.05) is 39.0 Å². The first-order chi connectivity index (χ1) is 9.90. The Labute approximate surface area is 129 Å². The van der Waals surface area contributed by atoms with Gasteiger partial charge in [0.15, 0.2) is 5.13 Å². The topological polar surface area (TPSA) is 51.2 Å². The van der Waals surface area contributed by atoms with Crippen molar-refractivity contribution in [3.63, 3.8) is 0 Å². The van der Waals surface area contributed by atoms with Crippen LogP contribution in [0.5, 0.6) is 0 Å². The molecule has 0 fully saturated rings. The van der Waals surface area contributed by atoms with Gasteiger partial charge in [-0.2, -0.15) is 0 Å². The fraction of sp³-hybridized carbons (Fsp3) is 0.375. The lowest BCUT2D eigenvalue weighted by Crippen LogP contribution is -2.13. The molecule has 0 saturated heterocycles. The summed E-state index contributed by atoms with van der Waals surface area (Å²) in [5.41, 5.74) is 3.05. The maximum Gasteiger partial charge on any atom is 0.311 e. The van der Waals surface area contributed by atoms with Crippen LogP contribution >= 0.6 is 11.3 Å². The maximum absolute atomic E-state index is 11.3. The van der Waals surface area contributed by atoms with Gasteiger partial charge in [-0.3, -0.25) is 4.79 Å². The maximum atomic E-state index is 11.3. The number of carbonyl (C=O) groups is 1. The minimum atomic E-state index is -0.276. The Morgan fingerprint density at radius 3 is 2.71 bits per heavy atom. The third-order valence-electron chi connectivity index (χ3n) is 3.08. The molecule has 0 unspecified atom stereocenters. The smallest absolute Gasteiger partial charge is 0.311 e. The molecule has 1 heterocycles. The highest BCUT2D eigenvalue weighted by Crippen LogP contribution is 2.32. The predicted molar refractivity (Wildman–Crippen MR) is 86.3 cm³/mol. The molecule has 1 aromatic heterocycles. The van der Waals surface area contributed by atoms with Crippen LogP contribution in [0.4, 0.5) is 10.8 Å². The molecule has 2 aromatic rings. The van der Waals surface area contributed by atoms with Gasteiger partial charge in [0, 0.05) is 11.1 Å². The van der Waals surface area contributed by atoms with Crippen LogP contribution in [0.2, 0.25) is 0 Å². The van der Waals surface area contributed by atoms with E-state index in [4.69, 9.17) is 0 Å². The van der Waals surface area contributed by atoms with E-state index in [0.717, 1.165) is 16.5 Å². The normalized spacial score (nSPS) is 11.2. The van der Waals surface area contributed by atoms with Crippen molar-refractivity contribution in [2.45, 2.75) is 32.6 Å². The van der Waals surface area contributed by atoms with E-state index in [-0.39, 0.29) is 17.8 Å². The number of methoxy groups -OCH3 is 1. The number of ether oxygens (including phenoxy) is 1. The van der Waals surface area contributed by atoms with Crippen LogP contribution in [0.1, 0.15) is 32.0 Å². The van der Waals surface area contributed by atoms with E-state index >= 15 is 0 Å². The van der Waals surface area contributed by atoms with Crippen LogP contribution in [0.15, 0.2) is 29.6 Å². The van der Waals surface area contributed by atoms with Crippen molar-refractivity contribution >= 4 is 28.1 Å². The summed E-state index contributed by atoms with van der Waals surface area (Å²) in [5.74, 6) is -0.276. The van der Waals surface area contributed by atoms with Gasteiger partial charge in [0.05, 0.1) is 19.2 Å². The minimum absolute atomic E-state index is 0.0513. The molecule has 0 radical (unpaired) electrons. The number of carbonyl (C=O) groups excluding carboxylic acids is 1. The Kier molecular flexibility index (Phi) is 4.63. The molecular weight excluding hydrogens is 284 g/mol. The fourth-order valence-corrected chi connectivity index (χ4v) is 2.75. The number of hydrogen-bond donors (Lipinski definition) is 1. The standard InChI is InChI=1S/C16H20N2O2S/c1-16(2,3)12-7-5-6-8-13(12)18-15-17-11(10-21-15)9-14(19)20-4/h5-8,10H,9H2,1-4H3,(H,17,18). The number of rotatable bonds is 4. The zero-order valence-corrected chi connectivity index (χ0v) is 13.6. The zero-order valence-electron chi connectivity index (χ0n) is 12.8. The second-order valence-corrected chi connectivity index (χ2v) is 6.68. The number of para-hydroxylation sites is 1. The second kappa shape index (κ2) is 6.26. The van der Waals surface area contributed by atoms with Gasteiger partial charge in [0.1, 0.15) is 0 Å². The second-order valence-electron chi connectivity index (χ2n) is 5.82. The fourth-order valence-electron chi connectivity index (χ4n) is 2.03. The average molecular weight is 304 g/mol. The van der Waals surface area contributed by atoms with Crippen molar-refractivity contribution in [2.75, 3.05) is 12.4 Å². The summed E-state index contributed by atoms with van der Waals surface area (Å²) in [4.78, 5) is 15.7. The van der Waals surface area contributed by atoms with Crippen LogP contribution < -0.4 is 5.32 Å². The molecule has 0 amide bonds. The van der Waals surface area contributed by atoms with E-state index in [1.165, 1.54) is 24.0 Å². The van der Waals surface area contributed by atoms with Gasteiger partial charge < -0.3 is 10.1 Å². The molecule has 0 aliphatic carbocycles. The molecule has 21 heavy (non-hydrogen) atoms. The highest BCUT2D eigenvalue weighted by molar-refractivity contribution is 7.13. The van der Waals surface area contributed by atoms with Crippen LogP contribution in [0.3, 0.4) is 0 Å². The summed E-state index contributed by atoms with van der Waals surface area (Å²) in [6.07, 6.45) is 0.204. The molecule has 0 aliphatic heterocycles. The monoisotopic (exact) mass is 304 g/mol. The van der Waals surface area contributed by atoms with Gasteiger partial charge in [-0.05, 0) is 17.0 Å². The third kappa shape index (κ3) is 4.04. The number of thiazole rings is 1. The molecule has 5 heteroatoms. The summed E-state index contributed by atoms with van der Waals surface area (Å²) in [6.45, 7) is 6.54. The third-order valence-corrected chi connectivity index (χ3v) is 3.89. The van der Waals surface area contributed by atoms with Crippen LogP contribution in [-0.2, 0) is 21.4 Å². The lowest BCUT2D eigenvalue weighted by molar-refractivity contribution is -0.139. The molecule has 0 bridgehead atoms. The van der Waals surface area contributed by atoms with E-state index in [2.05, 4.69) is 41.9 Å². The number of benzene rings is 1. The first kappa shape index (κ1) is 15.5. The van der Waals surface area contributed by atoms with Gasteiger partial charge in [0.25, 0.3) is 0 Å². The number of anilines is 2. The van der Waals surface area contributed by atoms with Crippen molar-refractivity contribution in [1.29, 1.82) is 0 Å². The predicted octanol–water partition coefficient (Wildman–Crippen LogP) is 3.90. The van der Waals surface area contributed by atoms with Crippen molar-refractivity contribution in [1.82, 2.24) is 4.98 Å². The Balaban J connectivity index is 2.18.